The van der Waals surface area contributed by atoms with Crippen molar-refractivity contribution in [1.29, 1.82) is 0 Å². The average molecular weight is 268 g/mol. The largest absolute Gasteiger partial charge is 0.477 e. The van der Waals surface area contributed by atoms with Gasteiger partial charge in [-0.15, -0.1) is 0 Å². The van der Waals surface area contributed by atoms with Crippen molar-refractivity contribution in [3.8, 4) is 5.88 Å². The van der Waals surface area contributed by atoms with Crippen molar-refractivity contribution in [1.82, 2.24) is 10.3 Å². The fourth-order valence-electron chi connectivity index (χ4n) is 1.86. The number of hydrogen-bond acceptors (Lipinski definition) is 3. The second-order valence-corrected chi connectivity index (χ2v) is 4.66. The Morgan fingerprint density at radius 1 is 1.21 bits per heavy atom. The molecule has 1 aromatic rings. The molecular formula is C15H25FN2O. The molecule has 0 aliphatic rings. The number of unbranched alkanes of at least 4 members (excludes halogenated alkanes) is 4. The molecule has 0 aromatic carbocycles. The first-order valence-corrected chi connectivity index (χ1v) is 7.25. The summed E-state index contributed by atoms with van der Waals surface area (Å²) < 4.78 is 18.8. The quantitative estimate of drug-likeness (QED) is 0.657. The molecule has 0 spiro atoms. The van der Waals surface area contributed by atoms with Gasteiger partial charge in [-0.1, -0.05) is 39.5 Å². The lowest BCUT2D eigenvalue weighted by Gasteiger charge is -2.10. The first-order valence-electron chi connectivity index (χ1n) is 7.25. The number of hydrogen-bond donors (Lipinski definition) is 1. The van der Waals surface area contributed by atoms with Gasteiger partial charge in [0, 0.05) is 12.1 Å². The number of halogens is 1. The molecule has 19 heavy (non-hydrogen) atoms. The molecule has 0 radical (unpaired) electrons. The SMILES string of the molecule is CCCCCCCOc1ncc(F)cc1CNCC. The van der Waals surface area contributed by atoms with Gasteiger partial charge in [0.2, 0.25) is 5.88 Å². The molecule has 1 rings (SSSR count). The van der Waals surface area contributed by atoms with Crippen LogP contribution in [0, 0.1) is 5.82 Å². The highest BCUT2D eigenvalue weighted by atomic mass is 19.1. The lowest BCUT2D eigenvalue weighted by Crippen LogP contribution is -2.14. The fourth-order valence-corrected chi connectivity index (χ4v) is 1.86. The average Bonchev–Trinajstić information content (AvgIpc) is 2.42. The van der Waals surface area contributed by atoms with Crippen LogP contribution in [-0.2, 0) is 6.54 Å². The highest BCUT2D eigenvalue weighted by molar-refractivity contribution is 5.26. The molecule has 0 saturated heterocycles. The normalized spacial score (nSPS) is 10.7. The summed E-state index contributed by atoms with van der Waals surface area (Å²) in [4.78, 5) is 4.03. The maximum atomic E-state index is 13.2. The minimum Gasteiger partial charge on any atom is -0.477 e. The number of rotatable bonds is 10. The molecular weight excluding hydrogens is 243 g/mol. The van der Waals surface area contributed by atoms with Crippen LogP contribution < -0.4 is 10.1 Å². The standard InChI is InChI=1S/C15H25FN2O/c1-3-5-6-7-8-9-19-15-13(11-17-4-2)10-14(16)12-18-15/h10,12,17H,3-9,11H2,1-2H3. The van der Waals surface area contributed by atoms with Crippen LogP contribution in [0.25, 0.3) is 0 Å². The minimum atomic E-state index is -0.316. The van der Waals surface area contributed by atoms with Crippen LogP contribution in [-0.4, -0.2) is 18.1 Å². The summed E-state index contributed by atoms with van der Waals surface area (Å²) in [6.45, 7) is 6.30. The first kappa shape index (κ1) is 15.9. The third-order valence-electron chi connectivity index (χ3n) is 2.94. The van der Waals surface area contributed by atoms with Gasteiger partial charge in [-0.3, -0.25) is 0 Å². The second kappa shape index (κ2) is 9.73. The van der Waals surface area contributed by atoms with Crippen LogP contribution in [0.4, 0.5) is 4.39 Å². The third-order valence-corrected chi connectivity index (χ3v) is 2.94. The highest BCUT2D eigenvalue weighted by Crippen LogP contribution is 2.16. The number of pyridine rings is 1. The van der Waals surface area contributed by atoms with E-state index in [0.717, 1.165) is 18.5 Å². The highest BCUT2D eigenvalue weighted by Gasteiger charge is 2.06. The molecule has 1 heterocycles. The van der Waals surface area contributed by atoms with Crippen LogP contribution in [0.2, 0.25) is 0 Å². The molecule has 0 saturated carbocycles. The number of nitrogens with zero attached hydrogens (tertiary/aromatic N) is 1. The Kier molecular flexibility index (Phi) is 8.14. The summed E-state index contributed by atoms with van der Waals surface area (Å²) in [5, 5.41) is 3.16. The van der Waals surface area contributed by atoms with Crippen LogP contribution in [0.5, 0.6) is 5.88 Å². The molecule has 0 aliphatic carbocycles. The van der Waals surface area contributed by atoms with Crippen LogP contribution in [0.15, 0.2) is 12.3 Å². The lowest BCUT2D eigenvalue weighted by atomic mass is 10.2. The minimum absolute atomic E-state index is 0.316. The Balaban J connectivity index is 2.38. The summed E-state index contributed by atoms with van der Waals surface area (Å²) in [6.07, 6.45) is 7.19. The van der Waals surface area contributed by atoms with Gasteiger partial charge in [-0.2, -0.15) is 0 Å². The van der Waals surface area contributed by atoms with E-state index in [1.165, 1.54) is 37.9 Å². The van der Waals surface area contributed by atoms with Crippen molar-refractivity contribution >= 4 is 0 Å². The Labute approximate surface area is 115 Å². The predicted octanol–water partition coefficient (Wildman–Crippen LogP) is 3.68. The van der Waals surface area contributed by atoms with E-state index in [9.17, 15) is 4.39 Å². The van der Waals surface area contributed by atoms with Crippen molar-refractivity contribution in [3.63, 3.8) is 0 Å². The predicted molar refractivity (Wildman–Crippen MR) is 75.8 cm³/mol. The Morgan fingerprint density at radius 2 is 2.00 bits per heavy atom. The Morgan fingerprint density at radius 3 is 2.74 bits per heavy atom. The van der Waals surface area contributed by atoms with Gasteiger partial charge < -0.3 is 10.1 Å². The van der Waals surface area contributed by atoms with E-state index in [0.29, 0.717) is 19.0 Å². The molecule has 1 aromatic heterocycles. The van der Waals surface area contributed by atoms with E-state index >= 15 is 0 Å². The molecule has 4 heteroatoms. The third kappa shape index (κ3) is 6.53. The number of ether oxygens (including phenoxy) is 1. The number of aromatic nitrogens is 1. The Hall–Kier alpha value is -1.16. The van der Waals surface area contributed by atoms with E-state index in [2.05, 4.69) is 17.2 Å². The van der Waals surface area contributed by atoms with Crippen molar-refractivity contribution in [3.05, 3.63) is 23.6 Å². The van der Waals surface area contributed by atoms with Gasteiger partial charge in [0.05, 0.1) is 12.8 Å². The smallest absolute Gasteiger partial charge is 0.218 e. The monoisotopic (exact) mass is 268 g/mol. The molecule has 0 bridgehead atoms. The molecule has 0 amide bonds. The van der Waals surface area contributed by atoms with Crippen LogP contribution >= 0.6 is 0 Å². The zero-order valence-electron chi connectivity index (χ0n) is 12.0. The number of nitrogens with one attached hydrogen (secondary N) is 1. The summed E-state index contributed by atoms with van der Waals surface area (Å²) in [5.41, 5.74) is 0.787. The van der Waals surface area contributed by atoms with Gasteiger partial charge in [-0.05, 0) is 19.0 Å². The van der Waals surface area contributed by atoms with E-state index in [1.54, 1.807) is 0 Å². The van der Waals surface area contributed by atoms with Crippen molar-refractivity contribution in [2.75, 3.05) is 13.2 Å². The van der Waals surface area contributed by atoms with E-state index in [1.807, 2.05) is 6.92 Å². The van der Waals surface area contributed by atoms with E-state index in [4.69, 9.17) is 4.74 Å². The summed E-state index contributed by atoms with van der Waals surface area (Å²) in [7, 11) is 0. The topological polar surface area (TPSA) is 34.1 Å². The van der Waals surface area contributed by atoms with Gasteiger partial charge in [0.1, 0.15) is 5.82 Å². The van der Waals surface area contributed by atoms with Gasteiger partial charge >= 0.3 is 0 Å². The molecule has 0 unspecified atom stereocenters. The second-order valence-electron chi connectivity index (χ2n) is 4.66. The zero-order chi connectivity index (χ0) is 13.9. The molecule has 3 nitrogen and oxygen atoms in total. The fraction of sp³-hybridized carbons (Fsp3) is 0.667. The summed E-state index contributed by atoms with van der Waals surface area (Å²) in [6, 6.07) is 1.49. The van der Waals surface area contributed by atoms with Crippen molar-refractivity contribution in [2.24, 2.45) is 0 Å². The van der Waals surface area contributed by atoms with Crippen molar-refractivity contribution in [2.45, 2.75) is 52.5 Å². The van der Waals surface area contributed by atoms with Gasteiger partial charge in [0.25, 0.3) is 0 Å². The molecule has 1 N–H and O–H groups in total. The zero-order valence-corrected chi connectivity index (χ0v) is 12.0. The van der Waals surface area contributed by atoms with Crippen LogP contribution in [0.1, 0.15) is 51.5 Å². The summed E-state index contributed by atoms with van der Waals surface area (Å²) in [5.74, 6) is 0.237. The maximum absolute atomic E-state index is 13.2. The molecule has 0 fully saturated rings. The van der Waals surface area contributed by atoms with Crippen LogP contribution in [0.3, 0.4) is 0 Å². The molecule has 0 aliphatic heterocycles. The lowest BCUT2D eigenvalue weighted by molar-refractivity contribution is 0.288. The van der Waals surface area contributed by atoms with Gasteiger partial charge in [-0.25, -0.2) is 9.37 Å². The van der Waals surface area contributed by atoms with Gasteiger partial charge in [0.15, 0.2) is 0 Å². The van der Waals surface area contributed by atoms with E-state index in [-0.39, 0.29) is 5.82 Å². The van der Waals surface area contributed by atoms with E-state index < -0.39 is 0 Å². The first-order chi connectivity index (χ1) is 9.27. The molecule has 0 atom stereocenters. The van der Waals surface area contributed by atoms with Crippen molar-refractivity contribution < 1.29 is 9.13 Å². The molecule has 108 valence electrons. The maximum Gasteiger partial charge on any atom is 0.218 e. The summed E-state index contributed by atoms with van der Waals surface area (Å²) >= 11 is 0. The Bertz CT molecular complexity index is 358.